The van der Waals surface area contributed by atoms with Crippen molar-refractivity contribution in [3.8, 4) is 0 Å². The molecule has 18 heteroatoms. The van der Waals surface area contributed by atoms with Crippen LogP contribution in [-0.4, -0.2) is 98.6 Å². The molecule has 7 N–H and O–H groups in total. The molecule has 0 bridgehead atoms. The minimum absolute atomic E-state index is 0.00764. The average molecular weight is 876 g/mol. The number of rotatable bonds is 19. The number of fused-ring (bicyclic) bond motifs is 1. The maximum atomic E-state index is 14.7. The fourth-order valence-electron chi connectivity index (χ4n) is 7.97. The van der Waals surface area contributed by atoms with E-state index in [4.69, 9.17) is 10.5 Å². The number of Topliss-reactive ketones (excluding diaryl/α,β-unsaturated/α-hetero) is 1. The summed E-state index contributed by atoms with van der Waals surface area (Å²) >= 11 is 0. The number of hydrogen-bond acceptors (Lipinski definition) is 10. The van der Waals surface area contributed by atoms with Crippen LogP contribution in [0.25, 0.3) is 10.8 Å². The molecule has 6 amide bonds. The molecule has 2 aliphatic rings. The number of likely N-dealkylation sites (tertiary alicyclic amines) is 1. The number of alkyl carbamates (subject to hydrolysis) is 1. The fraction of sp³-hybridized carbons (Fsp3) is 0.477. The quantitative estimate of drug-likeness (QED) is 0.0961. The Morgan fingerprint density at radius 3 is 2.21 bits per heavy atom. The lowest BCUT2D eigenvalue weighted by Crippen LogP contribution is -2.58. The smallest absolute Gasteiger partial charge is 0.407 e. The summed E-state index contributed by atoms with van der Waals surface area (Å²) in [7, 11) is -4.22. The summed E-state index contributed by atoms with van der Waals surface area (Å²) in [6.45, 7) is 4.64. The molecule has 2 unspecified atom stereocenters. The van der Waals surface area contributed by atoms with Gasteiger partial charge in [-0.25, -0.2) is 17.9 Å². The maximum Gasteiger partial charge on any atom is 0.407 e. The highest BCUT2D eigenvalue weighted by atomic mass is 32.2. The van der Waals surface area contributed by atoms with Gasteiger partial charge in [-0.15, -0.1) is 0 Å². The van der Waals surface area contributed by atoms with Crippen molar-refractivity contribution >= 4 is 62.2 Å². The van der Waals surface area contributed by atoms with E-state index in [1.165, 1.54) is 11.0 Å². The molecule has 5 rings (SSSR count). The van der Waals surface area contributed by atoms with Gasteiger partial charge in [0.25, 0.3) is 5.91 Å². The van der Waals surface area contributed by atoms with Crippen LogP contribution in [0.15, 0.2) is 77.7 Å². The van der Waals surface area contributed by atoms with E-state index in [9.17, 15) is 42.0 Å². The van der Waals surface area contributed by atoms with Crippen LogP contribution in [0.3, 0.4) is 0 Å². The molecule has 62 heavy (non-hydrogen) atoms. The molecular weight excluding hydrogens is 819 g/mol. The number of carbonyl (C=O) groups is 7. The number of nitrogens with two attached hydrogens (primary N) is 1. The first-order valence-corrected chi connectivity index (χ1v) is 22.6. The van der Waals surface area contributed by atoms with Gasteiger partial charge in [0.05, 0.1) is 24.1 Å². The summed E-state index contributed by atoms with van der Waals surface area (Å²) in [5, 5.41) is 11.2. The number of ether oxygens (including phenoxy) is 1. The van der Waals surface area contributed by atoms with Crippen molar-refractivity contribution in [3.05, 3.63) is 78.4 Å². The lowest BCUT2D eigenvalue weighted by atomic mass is 9.83. The molecule has 1 saturated carbocycles. The number of carbonyl (C=O) groups excluding carboxylic acids is 7. The summed E-state index contributed by atoms with van der Waals surface area (Å²) in [6, 6.07) is 14.1. The molecule has 1 saturated heterocycles. The minimum atomic E-state index is -4.22. The van der Waals surface area contributed by atoms with Crippen LogP contribution in [0, 0.1) is 11.8 Å². The summed E-state index contributed by atoms with van der Waals surface area (Å²) < 4.78 is 36.0. The Morgan fingerprint density at radius 2 is 1.53 bits per heavy atom. The zero-order chi connectivity index (χ0) is 45.0. The Hall–Kier alpha value is -5.88. The van der Waals surface area contributed by atoms with Crippen molar-refractivity contribution in [1.29, 1.82) is 0 Å². The third-order valence-electron chi connectivity index (χ3n) is 11.0. The standard InChI is InChI=1S/C44H57N7O10S/c1-4-14-33(39(53)42(56)46-24-36(52)48-37(40(45)54)29-16-7-5-8-17-29)47-41(55)34-23-31(50-62(59,60)35-22-13-20-28-15-11-12-21-32(28)35)25-51(34)43(57)38(30-18-9-6-10-19-30)49-44(58)61-26-27(2)3/h5,7-8,11-13,15-17,20-22,27,30-31,33-34,37-38,50H,4,6,9-10,14,18-19,23-26H2,1-3H3,(H2,45,54)(H,46,56)(H,47,55)(H,48,52)(H,49,58)/t31-,33?,34?,37+,38+/m1/s1. The first-order chi connectivity index (χ1) is 29.6. The highest BCUT2D eigenvalue weighted by Gasteiger charge is 2.46. The molecule has 1 aliphatic carbocycles. The SMILES string of the molecule is CCCC(NC(=O)C1C[C@@H](NS(=O)(=O)c2cccc3ccccc23)CN1C(=O)[C@@H](NC(=O)OCC(C)C)C1CCCCC1)C(=O)C(=O)NCC(=O)N[C@H](C(N)=O)c1ccccc1. The van der Waals surface area contributed by atoms with Crippen LogP contribution in [0.2, 0.25) is 0 Å². The highest BCUT2D eigenvalue weighted by molar-refractivity contribution is 7.89. The van der Waals surface area contributed by atoms with Gasteiger partial charge in [0.15, 0.2) is 0 Å². The minimum Gasteiger partial charge on any atom is -0.449 e. The summed E-state index contributed by atoms with van der Waals surface area (Å²) in [5.41, 5.74) is 5.90. The van der Waals surface area contributed by atoms with Crippen LogP contribution < -0.4 is 31.7 Å². The summed E-state index contributed by atoms with van der Waals surface area (Å²) in [6.07, 6.45) is 3.19. The van der Waals surface area contributed by atoms with Crippen LogP contribution in [-0.2, 0) is 43.5 Å². The second-order valence-corrected chi connectivity index (χ2v) is 17.9. The average Bonchev–Trinajstić information content (AvgIpc) is 3.68. The predicted molar refractivity (Wildman–Crippen MR) is 229 cm³/mol. The number of nitrogens with one attached hydrogen (secondary N) is 5. The van der Waals surface area contributed by atoms with E-state index in [0.717, 1.165) is 19.3 Å². The number of benzene rings is 3. The van der Waals surface area contributed by atoms with E-state index in [0.29, 0.717) is 35.6 Å². The van der Waals surface area contributed by atoms with Crippen molar-refractivity contribution in [3.63, 3.8) is 0 Å². The molecule has 0 aromatic heterocycles. The Morgan fingerprint density at radius 1 is 0.855 bits per heavy atom. The largest absolute Gasteiger partial charge is 0.449 e. The number of amides is 6. The monoisotopic (exact) mass is 875 g/mol. The number of sulfonamides is 1. The van der Waals surface area contributed by atoms with E-state index >= 15 is 0 Å². The zero-order valence-electron chi connectivity index (χ0n) is 35.3. The van der Waals surface area contributed by atoms with Crippen molar-refractivity contribution in [2.24, 2.45) is 17.6 Å². The van der Waals surface area contributed by atoms with Crippen molar-refractivity contribution < 1.29 is 46.7 Å². The molecule has 0 radical (unpaired) electrons. The molecule has 1 heterocycles. The van der Waals surface area contributed by atoms with Crippen molar-refractivity contribution in [2.75, 3.05) is 19.7 Å². The van der Waals surface area contributed by atoms with Gasteiger partial charge in [0.1, 0.15) is 18.1 Å². The van der Waals surface area contributed by atoms with E-state index in [-0.39, 0.29) is 42.7 Å². The normalized spacial score (nSPS) is 18.3. The fourth-order valence-corrected chi connectivity index (χ4v) is 9.44. The van der Waals surface area contributed by atoms with Gasteiger partial charge in [0, 0.05) is 18.0 Å². The van der Waals surface area contributed by atoms with E-state index in [2.05, 4.69) is 26.0 Å². The Labute approximate surface area is 361 Å². The van der Waals surface area contributed by atoms with Crippen LogP contribution in [0.5, 0.6) is 0 Å². The number of primary amides is 1. The third-order valence-corrected chi connectivity index (χ3v) is 12.6. The maximum absolute atomic E-state index is 14.7. The lowest BCUT2D eigenvalue weighted by Gasteiger charge is -2.34. The first-order valence-electron chi connectivity index (χ1n) is 21.1. The molecule has 3 aromatic rings. The second kappa shape index (κ2) is 21.8. The third kappa shape index (κ3) is 12.4. The Kier molecular flexibility index (Phi) is 16.6. The molecule has 2 fully saturated rings. The van der Waals surface area contributed by atoms with Crippen molar-refractivity contribution in [2.45, 2.75) is 107 Å². The second-order valence-electron chi connectivity index (χ2n) is 16.3. The predicted octanol–water partition coefficient (Wildman–Crippen LogP) is 2.73. The van der Waals surface area contributed by atoms with Crippen LogP contribution in [0.4, 0.5) is 4.79 Å². The number of nitrogens with zero attached hydrogens (tertiary/aromatic N) is 1. The lowest BCUT2D eigenvalue weighted by molar-refractivity contribution is -0.143. The van der Waals surface area contributed by atoms with Gasteiger partial charge >= 0.3 is 6.09 Å². The van der Waals surface area contributed by atoms with E-state index in [1.54, 1.807) is 73.7 Å². The van der Waals surface area contributed by atoms with Gasteiger partial charge < -0.3 is 36.6 Å². The molecule has 0 spiro atoms. The van der Waals surface area contributed by atoms with Crippen molar-refractivity contribution in [1.82, 2.24) is 30.9 Å². The molecule has 1 aliphatic heterocycles. The van der Waals surface area contributed by atoms with E-state index < -0.39 is 88.2 Å². The van der Waals surface area contributed by atoms with Gasteiger partial charge in [-0.05, 0) is 54.5 Å². The Balaban J connectivity index is 1.36. The summed E-state index contributed by atoms with van der Waals surface area (Å²) in [5.74, 6) is -5.60. The molecule has 3 aromatic carbocycles. The number of hydrogen-bond donors (Lipinski definition) is 6. The van der Waals surface area contributed by atoms with Gasteiger partial charge in [-0.2, -0.15) is 0 Å². The topological polar surface area (TPSA) is 252 Å². The first kappa shape index (κ1) is 47.2. The van der Waals surface area contributed by atoms with E-state index in [1.807, 2.05) is 13.8 Å². The molecule has 5 atom stereocenters. The van der Waals surface area contributed by atoms with Crippen LogP contribution >= 0.6 is 0 Å². The zero-order valence-corrected chi connectivity index (χ0v) is 36.1. The number of ketones is 1. The van der Waals surface area contributed by atoms with Gasteiger partial charge in [-0.3, -0.25) is 28.8 Å². The van der Waals surface area contributed by atoms with Crippen LogP contribution in [0.1, 0.15) is 83.7 Å². The molecule has 17 nitrogen and oxygen atoms in total. The van der Waals surface area contributed by atoms with Gasteiger partial charge in [-0.1, -0.05) is 113 Å². The molecular formula is C44H57N7O10S. The summed E-state index contributed by atoms with van der Waals surface area (Å²) in [4.78, 5) is 94.9. The van der Waals surface area contributed by atoms with Gasteiger partial charge in [0.2, 0.25) is 39.4 Å². The Bertz CT molecular complexity index is 2210. The molecule has 334 valence electrons. The highest BCUT2D eigenvalue weighted by Crippen LogP contribution is 2.31.